The Labute approximate surface area is 204 Å². The molecule has 2 rings (SSSR count). The van der Waals surface area contributed by atoms with Gasteiger partial charge in [-0.25, -0.2) is 0 Å². The van der Waals surface area contributed by atoms with Gasteiger partial charge in [-0.1, -0.05) is 6.07 Å². The van der Waals surface area contributed by atoms with Gasteiger partial charge in [0.2, 0.25) is 0 Å². The summed E-state index contributed by atoms with van der Waals surface area (Å²) in [6.45, 7) is 9.29. The topological polar surface area (TPSA) is 70.6 Å². The highest BCUT2D eigenvalue weighted by atomic mass is 127. The van der Waals surface area contributed by atoms with Crippen LogP contribution >= 0.6 is 24.0 Å². The molecule has 0 amide bonds. The molecular formula is C22H40IN5O3. The molecule has 1 heterocycles. The van der Waals surface area contributed by atoms with Gasteiger partial charge in [-0.05, 0) is 51.7 Å². The molecule has 8 nitrogen and oxygen atoms in total. The molecule has 1 saturated heterocycles. The summed E-state index contributed by atoms with van der Waals surface area (Å²) in [6, 6.07) is 6.18. The van der Waals surface area contributed by atoms with Crippen LogP contribution in [0.3, 0.4) is 0 Å². The average Bonchev–Trinajstić information content (AvgIpc) is 2.77. The van der Waals surface area contributed by atoms with Gasteiger partial charge in [-0.3, -0.25) is 9.89 Å². The maximum atomic E-state index is 5.47. The van der Waals surface area contributed by atoms with Crippen LogP contribution in [0.25, 0.3) is 0 Å². The molecule has 1 atom stereocenters. The summed E-state index contributed by atoms with van der Waals surface area (Å²) in [7, 11) is 7.45. The number of ether oxygens (including phenoxy) is 3. The van der Waals surface area contributed by atoms with E-state index >= 15 is 0 Å². The molecule has 1 unspecified atom stereocenters. The van der Waals surface area contributed by atoms with Gasteiger partial charge >= 0.3 is 0 Å². The molecule has 9 heteroatoms. The van der Waals surface area contributed by atoms with Crippen molar-refractivity contribution in [2.24, 2.45) is 4.99 Å². The quantitative estimate of drug-likeness (QED) is 0.190. The third-order valence-electron chi connectivity index (χ3n) is 5.23. The lowest BCUT2D eigenvalue weighted by Gasteiger charge is -2.26. The first-order chi connectivity index (χ1) is 14.6. The Morgan fingerprint density at radius 1 is 1.16 bits per heavy atom. The van der Waals surface area contributed by atoms with E-state index in [9.17, 15) is 0 Å². The maximum absolute atomic E-state index is 5.47. The molecule has 1 aliphatic rings. The van der Waals surface area contributed by atoms with Gasteiger partial charge in [0.15, 0.2) is 17.5 Å². The number of morpholine rings is 1. The van der Waals surface area contributed by atoms with Crippen molar-refractivity contribution in [3.63, 3.8) is 0 Å². The van der Waals surface area contributed by atoms with Crippen LogP contribution in [-0.4, -0.2) is 96.6 Å². The molecule has 178 valence electrons. The third kappa shape index (κ3) is 9.38. The number of methoxy groups -OCH3 is 2. The molecular weight excluding hydrogens is 509 g/mol. The number of guanidine groups is 1. The summed E-state index contributed by atoms with van der Waals surface area (Å²) < 4.78 is 16.2. The number of halogens is 1. The van der Waals surface area contributed by atoms with E-state index in [4.69, 9.17) is 19.2 Å². The largest absolute Gasteiger partial charge is 0.493 e. The molecule has 1 aromatic carbocycles. The summed E-state index contributed by atoms with van der Waals surface area (Å²) in [6.07, 6.45) is 1.08. The van der Waals surface area contributed by atoms with E-state index in [2.05, 4.69) is 47.5 Å². The van der Waals surface area contributed by atoms with E-state index in [0.717, 1.165) is 75.4 Å². The molecule has 0 bridgehead atoms. The van der Waals surface area contributed by atoms with E-state index in [1.807, 2.05) is 12.1 Å². The van der Waals surface area contributed by atoms with Crippen molar-refractivity contribution in [3.05, 3.63) is 23.8 Å². The standard InChI is InChI=1S/C22H39N5O3.HI/c1-6-23-22(24-10-7-11-27-12-14-30-15-13-27)25-17-19(26(2)3)18-8-9-20(28-4)21(16-18)29-5;/h8-9,16,19H,6-7,10-15,17H2,1-5H3,(H2,23,24,25);1H. The van der Waals surface area contributed by atoms with Crippen LogP contribution in [0.4, 0.5) is 0 Å². The molecule has 2 N–H and O–H groups in total. The fourth-order valence-electron chi connectivity index (χ4n) is 3.48. The summed E-state index contributed by atoms with van der Waals surface area (Å²) in [5.74, 6) is 2.32. The van der Waals surface area contributed by atoms with Crippen molar-refractivity contribution >= 4 is 29.9 Å². The number of nitrogens with one attached hydrogen (secondary N) is 2. The summed E-state index contributed by atoms with van der Waals surface area (Å²) in [4.78, 5) is 9.47. The Morgan fingerprint density at radius 3 is 2.48 bits per heavy atom. The minimum Gasteiger partial charge on any atom is -0.493 e. The van der Waals surface area contributed by atoms with Gasteiger partial charge in [0, 0.05) is 26.2 Å². The highest BCUT2D eigenvalue weighted by Crippen LogP contribution is 2.31. The number of rotatable bonds is 11. The summed E-state index contributed by atoms with van der Waals surface area (Å²) in [5, 5.41) is 6.81. The molecule has 0 aliphatic carbocycles. The second kappa shape index (κ2) is 15.5. The van der Waals surface area contributed by atoms with Gasteiger partial charge in [-0.2, -0.15) is 0 Å². The number of benzene rings is 1. The van der Waals surface area contributed by atoms with E-state index in [0.29, 0.717) is 6.54 Å². The molecule has 1 fully saturated rings. The number of hydrogen-bond acceptors (Lipinski definition) is 6. The van der Waals surface area contributed by atoms with Gasteiger partial charge in [0.05, 0.1) is 40.0 Å². The van der Waals surface area contributed by atoms with Crippen molar-refractivity contribution in [2.75, 3.05) is 80.8 Å². The lowest BCUT2D eigenvalue weighted by molar-refractivity contribution is 0.0376. The van der Waals surface area contributed by atoms with Crippen LogP contribution in [0.1, 0.15) is 24.9 Å². The Kier molecular flexibility index (Phi) is 13.9. The van der Waals surface area contributed by atoms with Crippen LogP contribution < -0.4 is 20.1 Å². The predicted octanol–water partition coefficient (Wildman–Crippen LogP) is 2.20. The van der Waals surface area contributed by atoms with Gasteiger partial charge in [0.1, 0.15) is 0 Å². The fraction of sp³-hybridized carbons (Fsp3) is 0.682. The van der Waals surface area contributed by atoms with Crippen LogP contribution in [-0.2, 0) is 4.74 Å². The minimum atomic E-state index is 0. The Hall–Kier alpha value is -1.30. The first-order valence-corrected chi connectivity index (χ1v) is 10.8. The van der Waals surface area contributed by atoms with Gasteiger partial charge in [0.25, 0.3) is 0 Å². The number of nitrogens with zero attached hydrogens (tertiary/aromatic N) is 3. The van der Waals surface area contributed by atoms with Crippen LogP contribution in [0, 0.1) is 0 Å². The fourth-order valence-corrected chi connectivity index (χ4v) is 3.48. The van der Waals surface area contributed by atoms with Crippen molar-refractivity contribution in [1.82, 2.24) is 20.4 Å². The summed E-state index contributed by atoms with van der Waals surface area (Å²) >= 11 is 0. The van der Waals surface area contributed by atoms with E-state index < -0.39 is 0 Å². The van der Waals surface area contributed by atoms with Crippen molar-refractivity contribution in [1.29, 1.82) is 0 Å². The highest BCUT2D eigenvalue weighted by Gasteiger charge is 2.17. The molecule has 31 heavy (non-hydrogen) atoms. The summed E-state index contributed by atoms with van der Waals surface area (Å²) in [5.41, 5.74) is 1.14. The smallest absolute Gasteiger partial charge is 0.191 e. The maximum Gasteiger partial charge on any atom is 0.191 e. The average molecular weight is 549 g/mol. The zero-order valence-electron chi connectivity index (χ0n) is 19.6. The van der Waals surface area contributed by atoms with E-state index in [-0.39, 0.29) is 30.0 Å². The second-order valence-electron chi connectivity index (χ2n) is 7.55. The molecule has 0 aromatic heterocycles. The Balaban J connectivity index is 0.00000480. The Morgan fingerprint density at radius 2 is 1.87 bits per heavy atom. The highest BCUT2D eigenvalue weighted by molar-refractivity contribution is 14.0. The first kappa shape index (κ1) is 27.7. The monoisotopic (exact) mass is 549 g/mol. The van der Waals surface area contributed by atoms with E-state index in [1.165, 1.54) is 0 Å². The third-order valence-corrected chi connectivity index (χ3v) is 5.23. The number of likely N-dealkylation sites (N-methyl/N-ethyl adjacent to an activating group) is 1. The van der Waals surface area contributed by atoms with Gasteiger partial charge in [-0.15, -0.1) is 24.0 Å². The van der Waals surface area contributed by atoms with Crippen molar-refractivity contribution < 1.29 is 14.2 Å². The van der Waals surface area contributed by atoms with Crippen molar-refractivity contribution in [3.8, 4) is 11.5 Å². The van der Waals surface area contributed by atoms with Crippen LogP contribution in [0.5, 0.6) is 11.5 Å². The SMILES string of the molecule is CCNC(=NCC(c1ccc(OC)c(OC)c1)N(C)C)NCCCN1CCOCC1.I. The molecule has 0 spiro atoms. The minimum absolute atomic E-state index is 0. The predicted molar refractivity (Wildman–Crippen MR) is 137 cm³/mol. The molecule has 0 saturated carbocycles. The molecule has 1 aliphatic heterocycles. The lowest BCUT2D eigenvalue weighted by atomic mass is 10.1. The van der Waals surface area contributed by atoms with E-state index in [1.54, 1.807) is 14.2 Å². The number of aliphatic imine (C=N–C) groups is 1. The van der Waals surface area contributed by atoms with Crippen LogP contribution in [0.15, 0.2) is 23.2 Å². The second-order valence-corrected chi connectivity index (χ2v) is 7.55. The van der Waals surface area contributed by atoms with Gasteiger partial charge < -0.3 is 29.7 Å². The molecule has 1 aromatic rings. The number of hydrogen-bond donors (Lipinski definition) is 2. The first-order valence-electron chi connectivity index (χ1n) is 10.8. The normalized spacial score (nSPS) is 15.9. The lowest BCUT2D eigenvalue weighted by Crippen LogP contribution is -2.41. The zero-order chi connectivity index (χ0) is 21.8. The van der Waals surface area contributed by atoms with Crippen molar-refractivity contribution in [2.45, 2.75) is 19.4 Å². The van der Waals surface area contributed by atoms with Crippen LogP contribution in [0.2, 0.25) is 0 Å². The Bertz CT molecular complexity index is 654. The molecule has 0 radical (unpaired) electrons. The zero-order valence-corrected chi connectivity index (χ0v) is 22.0.